The molecule has 10 atom stereocenters. The van der Waals surface area contributed by atoms with Gasteiger partial charge in [0.1, 0.15) is 0 Å². The van der Waals surface area contributed by atoms with Crippen LogP contribution in [0.15, 0.2) is 0 Å². The highest BCUT2D eigenvalue weighted by Gasteiger charge is 2.41. The summed E-state index contributed by atoms with van der Waals surface area (Å²) in [6, 6.07) is 0.140. The molecular weight excluding hydrogens is 600 g/mol. The van der Waals surface area contributed by atoms with Gasteiger partial charge < -0.3 is 21.3 Å². The fourth-order valence-electron chi connectivity index (χ4n) is 10.7. The van der Waals surface area contributed by atoms with Crippen LogP contribution in [-0.2, 0) is 19.2 Å². The van der Waals surface area contributed by atoms with Crippen LogP contribution in [-0.4, -0.2) is 47.8 Å². The van der Waals surface area contributed by atoms with E-state index in [1.807, 2.05) is 0 Å². The number of hydrogen-bond acceptors (Lipinski definition) is 4. The number of carbonyl (C=O) groups excluding carboxylic acids is 4. The zero-order valence-corrected chi connectivity index (χ0v) is 31.6. The second kappa shape index (κ2) is 17.7. The van der Waals surface area contributed by atoms with Gasteiger partial charge in [-0.25, -0.2) is 0 Å². The van der Waals surface area contributed by atoms with E-state index in [2.05, 4.69) is 76.7 Å². The summed E-state index contributed by atoms with van der Waals surface area (Å²) in [6.07, 6.45) is 11.7. The van der Waals surface area contributed by atoms with Crippen LogP contribution in [0.3, 0.4) is 0 Å². The largest absolute Gasteiger partial charge is 0.353 e. The molecule has 8 heteroatoms. The highest BCUT2D eigenvalue weighted by molar-refractivity contribution is 5.94. The zero-order chi connectivity index (χ0) is 35.1. The maximum atomic E-state index is 14.4. The van der Waals surface area contributed by atoms with E-state index in [4.69, 9.17) is 0 Å². The molecule has 4 fully saturated rings. The van der Waals surface area contributed by atoms with Crippen LogP contribution in [0.25, 0.3) is 0 Å². The van der Waals surface area contributed by atoms with E-state index in [0.29, 0.717) is 47.3 Å². The monoisotopic (exact) mass is 671 g/mol. The summed E-state index contributed by atoms with van der Waals surface area (Å²) in [4.78, 5) is 56.3. The first-order valence-electron chi connectivity index (χ1n) is 19.8. The van der Waals surface area contributed by atoms with E-state index < -0.39 is 11.8 Å². The van der Waals surface area contributed by atoms with Gasteiger partial charge in [-0.05, 0) is 124 Å². The molecule has 4 saturated carbocycles. The van der Waals surface area contributed by atoms with Crippen LogP contribution < -0.4 is 21.3 Å². The van der Waals surface area contributed by atoms with Crippen LogP contribution in [0.5, 0.6) is 0 Å². The third-order valence-corrected chi connectivity index (χ3v) is 12.1. The number of amides is 4. The molecule has 4 N–H and O–H groups in total. The Morgan fingerprint density at radius 3 is 0.812 bits per heavy atom. The highest BCUT2D eigenvalue weighted by Crippen LogP contribution is 2.33. The van der Waals surface area contributed by atoms with Gasteiger partial charge in [0, 0.05) is 37.0 Å². The summed E-state index contributed by atoms with van der Waals surface area (Å²) in [5.41, 5.74) is 0. The van der Waals surface area contributed by atoms with Gasteiger partial charge in [-0.15, -0.1) is 0 Å². The molecule has 48 heavy (non-hydrogen) atoms. The fourth-order valence-corrected chi connectivity index (χ4v) is 10.7. The molecule has 0 bridgehead atoms. The number of nitrogens with one attached hydrogen (secondary N) is 4. The van der Waals surface area contributed by atoms with Crippen molar-refractivity contribution in [2.45, 2.75) is 169 Å². The predicted octanol–water partition coefficient (Wildman–Crippen LogP) is 6.76. The first-order valence-corrected chi connectivity index (χ1v) is 19.8. The van der Waals surface area contributed by atoms with Gasteiger partial charge >= 0.3 is 0 Å². The molecule has 4 amide bonds. The summed E-state index contributed by atoms with van der Waals surface area (Å²) in [7, 11) is 0. The standard InChI is InChI=1S/C40H70N4O4/c1-23-9-24(2)14-31(13-23)41-37(45)21-35(39(47)43-33-17-27(5)11-28(6)18-33)36(40(48)44-34-19-29(7)12-30(8)20-34)22-38(46)42-32-15-25(3)10-26(4)16-32/h23-36H,9-22H2,1-8H3,(H,41,45)(H,42,46)(H,43,47)(H,44,48). The van der Waals surface area contributed by atoms with Crippen LogP contribution in [0.1, 0.15) is 145 Å². The van der Waals surface area contributed by atoms with Crippen molar-refractivity contribution in [2.75, 3.05) is 0 Å². The Kier molecular flexibility index (Phi) is 14.3. The minimum Gasteiger partial charge on any atom is -0.353 e. The summed E-state index contributed by atoms with van der Waals surface area (Å²) in [5, 5.41) is 13.1. The van der Waals surface area contributed by atoms with Crippen molar-refractivity contribution in [3.8, 4) is 0 Å². The van der Waals surface area contributed by atoms with Crippen molar-refractivity contribution in [1.29, 1.82) is 0 Å². The normalized spacial score (nSPS) is 38.6. The summed E-state index contributed by atoms with van der Waals surface area (Å²) < 4.78 is 0. The summed E-state index contributed by atoms with van der Waals surface area (Å²) in [5.74, 6) is 1.33. The molecule has 0 aromatic carbocycles. The van der Waals surface area contributed by atoms with E-state index in [0.717, 1.165) is 77.0 Å². The lowest BCUT2D eigenvalue weighted by molar-refractivity contribution is -0.141. The van der Waals surface area contributed by atoms with E-state index in [1.165, 1.54) is 0 Å². The Morgan fingerprint density at radius 1 is 0.375 bits per heavy atom. The molecule has 274 valence electrons. The smallest absolute Gasteiger partial charge is 0.224 e. The Hall–Kier alpha value is -2.12. The Morgan fingerprint density at radius 2 is 0.583 bits per heavy atom. The second-order valence-electron chi connectivity index (χ2n) is 18.2. The molecule has 0 aromatic heterocycles. The van der Waals surface area contributed by atoms with E-state index >= 15 is 0 Å². The molecule has 0 heterocycles. The molecule has 0 saturated heterocycles. The lowest BCUT2D eigenvalue weighted by Crippen LogP contribution is -2.52. The topological polar surface area (TPSA) is 116 Å². The highest BCUT2D eigenvalue weighted by atomic mass is 16.2. The summed E-state index contributed by atoms with van der Waals surface area (Å²) >= 11 is 0. The molecule has 4 rings (SSSR count). The van der Waals surface area contributed by atoms with Crippen LogP contribution in [0, 0.1) is 59.2 Å². The van der Waals surface area contributed by atoms with E-state index in [9.17, 15) is 19.2 Å². The minimum atomic E-state index is -0.927. The van der Waals surface area contributed by atoms with Crippen LogP contribution in [0.4, 0.5) is 0 Å². The molecule has 4 aliphatic rings. The Labute approximate surface area is 292 Å². The second-order valence-corrected chi connectivity index (χ2v) is 18.2. The third-order valence-electron chi connectivity index (χ3n) is 12.1. The SMILES string of the molecule is CC1CC(C)CC(NC(=O)CC(C(=O)NC2CC(C)CC(C)C2)C(CC(=O)NC2CC(C)CC(C)C2)C(=O)NC2CC(C)CC(C)C2)C1. The minimum absolute atomic E-state index is 0.00431. The van der Waals surface area contributed by atoms with Crippen molar-refractivity contribution in [1.82, 2.24) is 21.3 Å². The summed E-state index contributed by atoms with van der Waals surface area (Å²) in [6.45, 7) is 17.8. The quantitative estimate of drug-likeness (QED) is 0.194. The van der Waals surface area contributed by atoms with Crippen molar-refractivity contribution >= 4 is 23.6 Å². The molecule has 4 aliphatic carbocycles. The Balaban J connectivity index is 1.57. The van der Waals surface area contributed by atoms with Gasteiger partial charge in [0.05, 0.1) is 11.8 Å². The van der Waals surface area contributed by atoms with Gasteiger partial charge in [-0.3, -0.25) is 19.2 Å². The molecule has 10 unspecified atom stereocenters. The number of rotatable bonds is 11. The van der Waals surface area contributed by atoms with Gasteiger partial charge in [0.25, 0.3) is 0 Å². The van der Waals surface area contributed by atoms with E-state index in [1.54, 1.807) is 0 Å². The van der Waals surface area contributed by atoms with Gasteiger partial charge in [-0.2, -0.15) is 0 Å². The molecule has 0 radical (unpaired) electrons. The number of carbonyl (C=O) groups is 4. The van der Waals surface area contributed by atoms with Gasteiger partial charge in [-0.1, -0.05) is 55.4 Å². The average Bonchev–Trinajstić information content (AvgIpc) is 2.92. The molecule has 0 aliphatic heterocycles. The molecule has 8 nitrogen and oxygen atoms in total. The van der Waals surface area contributed by atoms with Gasteiger partial charge in [0.2, 0.25) is 23.6 Å². The fraction of sp³-hybridized carbons (Fsp3) is 0.900. The zero-order valence-electron chi connectivity index (χ0n) is 31.6. The van der Waals surface area contributed by atoms with Crippen molar-refractivity contribution in [3.05, 3.63) is 0 Å². The maximum absolute atomic E-state index is 14.4. The first kappa shape index (κ1) is 38.7. The number of hydrogen-bond donors (Lipinski definition) is 4. The predicted molar refractivity (Wildman–Crippen MR) is 193 cm³/mol. The average molecular weight is 671 g/mol. The molecule has 0 aromatic rings. The van der Waals surface area contributed by atoms with Crippen LogP contribution in [0.2, 0.25) is 0 Å². The van der Waals surface area contributed by atoms with Gasteiger partial charge in [0.15, 0.2) is 0 Å². The van der Waals surface area contributed by atoms with E-state index in [-0.39, 0.29) is 60.6 Å². The first-order chi connectivity index (χ1) is 22.6. The van der Waals surface area contributed by atoms with Crippen molar-refractivity contribution < 1.29 is 19.2 Å². The lowest BCUT2D eigenvalue weighted by atomic mass is 9.78. The lowest BCUT2D eigenvalue weighted by Gasteiger charge is -2.36. The van der Waals surface area contributed by atoms with Crippen LogP contribution >= 0.6 is 0 Å². The third kappa shape index (κ3) is 12.0. The Bertz CT molecular complexity index is 973. The molecular formula is C40H70N4O4. The van der Waals surface area contributed by atoms with Crippen molar-refractivity contribution in [3.63, 3.8) is 0 Å². The maximum Gasteiger partial charge on any atom is 0.224 e. The molecule has 0 spiro atoms. The van der Waals surface area contributed by atoms with Crippen molar-refractivity contribution in [2.24, 2.45) is 59.2 Å².